The summed E-state index contributed by atoms with van der Waals surface area (Å²) in [4.78, 5) is 25.9. The normalized spacial score (nSPS) is 16.8. The minimum absolute atomic E-state index is 0.0315. The lowest BCUT2D eigenvalue weighted by molar-refractivity contribution is 0.0582. The van der Waals surface area contributed by atoms with Crippen LogP contribution in [0, 0.1) is 0 Å². The summed E-state index contributed by atoms with van der Waals surface area (Å²) in [5.41, 5.74) is 7.10. The van der Waals surface area contributed by atoms with E-state index in [9.17, 15) is 9.59 Å². The lowest BCUT2D eigenvalue weighted by Crippen LogP contribution is -2.36. The summed E-state index contributed by atoms with van der Waals surface area (Å²) >= 11 is 6.17. The Kier molecular flexibility index (Phi) is 4.37. The average Bonchev–Trinajstić information content (AvgIpc) is 2.91. The third-order valence-corrected chi connectivity index (χ3v) is 4.62. The van der Waals surface area contributed by atoms with Gasteiger partial charge in [0.1, 0.15) is 5.60 Å². The monoisotopic (exact) mass is 360 g/mol. The number of nitrogens with two attached hydrogens (primary N) is 1. The van der Waals surface area contributed by atoms with Crippen LogP contribution in [0.15, 0.2) is 30.3 Å². The van der Waals surface area contributed by atoms with Gasteiger partial charge in [0.2, 0.25) is 5.91 Å². The Morgan fingerprint density at radius 1 is 1.24 bits per heavy atom. The topological polar surface area (TPSA) is 72.6 Å². The van der Waals surface area contributed by atoms with Gasteiger partial charge in [-0.15, -0.1) is 11.6 Å². The molecule has 0 aliphatic carbocycles. The summed E-state index contributed by atoms with van der Waals surface area (Å²) in [6, 6.07) is 9.08. The number of hydrogen-bond acceptors (Lipinski definition) is 3. The Morgan fingerprint density at radius 2 is 1.96 bits per heavy atom. The van der Waals surface area contributed by atoms with E-state index in [1.165, 1.54) is 0 Å². The first-order valence-corrected chi connectivity index (χ1v) is 8.68. The van der Waals surface area contributed by atoms with Crippen LogP contribution in [-0.4, -0.2) is 30.0 Å². The summed E-state index contributed by atoms with van der Waals surface area (Å²) in [6.45, 7) is 5.95. The van der Waals surface area contributed by atoms with E-state index in [1.54, 1.807) is 17.0 Å². The van der Waals surface area contributed by atoms with Crippen molar-refractivity contribution in [1.82, 2.24) is 0 Å². The molecule has 0 radical (unpaired) electrons. The van der Waals surface area contributed by atoms with Gasteiger partial charge >= 0.3 is 6.09 Å². The first-order valence-electron chi connectivity index (χ1n) is 8.15. The number of hydrogen-bond donors (Lipinski definition) is 1. The first kappa shape index (κ1) is 17.5. The number of ether oxygens (including phenoxy) is 1. The molecular formula is C19H21ClN2O3. The van der Waals surface area contributed by atoms with Crippen molar-refractivity contribution in [3.05, 3.63) is 41.5 Å². The van der Waals surface area contributed by atoms with E-state index in [1.807, 2.05) is 39.0 Å². The van der Waals surface area contributed by atoms with Gasteiger partial charge in [0, 0.05) is 23.9 Å². The van der Waals surface area contributed by atoms with Gasteiger partial charge in [-0.05, 0) is 49.2 Å². The molecule has 2 aromatic carbocycles. The summed E-state index contributed by atoms with van der Waals surface area (Å²) in [6.07, 6.45) is -0.397. The van der Waals surface area contributed by atoms with Crippen molar-refractivity contribution < 1.29 is 14.3 Å². The zero-order valence-corrected chi connectivity index (χ0v) is 15.3. The molecule has 1 heterocycles. The molecule has 0 aromatic heterocycles. The third kappa shape index (κ3) is 3.16. The molecule has 1 unspecified atom stereocenters. The van der Waals surface area contributed by atoms with Gasteiger partial charge in [-0.1, -0.05) is 18.2 Å². The molecule has 0 saturated carbocycles. The molecule has 1 aliphatic rings. The SMILES string of the molecule is CC(C)(C)OC(=O)N1CC(CCl)c2c1ccc1c(C(N)=O)cccc21. The fourth-order valence-corrected chi connectivity index (χ4v) is 3.53. The van der Waals surface area contributed by atoms with Gasteiger partial charge < -0.3 is 10.5 Å². The number of halogens is 1. The lowest BCUT2D eigenvalue weighted by Gasteiger charge is -2.25. The maximum Gasteiger partial charge on any atom is 0.414 e. The van der Waals surface area contributed by atoms with Gasteiger partial charge in [0.25, 0.3) is 0 Å². The largest absolute Gasteiger partial charge is 0.443 e. The Balaban J connectivity index is 2.14. The summed E-state index contributed by atoms with van der Waals surface area (Å²) < 4.78 is 5.52. The van der Waals surface area contributed by atoms with E-state index in [0.717, 1.165) is 22.0 Å². The Bertz CT molecular complexity index is 858. The van der Waals surface area contributed by atoms with Crippen molar-refractivity contribution in [1.29, 1.82) is 0 Å². The predicted molar refractivity (Wildman–Crippen MR) is 99.5 cm³/mol. The molecule has 132 valence electrons. The van der Waals surface area contributed by atoms with Crippen LogP contribution < -0.4 is 10.6 Å². The molecule has 1 aliphatic heterocycles. The van der Waals surface area contributed by atoms with Gasteiger partial charge in [-0.25, -0.2) is 4.79 Å². The smallest absolute Gasteiger partial charge is 0.414 e. The number of carbonyl (C=O) groups is 2. The fraction of sp³-hybridized carbons (Fsp3) is 0.368. The second kappa shape index (κ2) is 6.23. The van der Waals surface area contributed by atoms with E-state index >= 15 is 0 Å². The fourth-order valence-electron chi connectivity index (χ4n) is 3.27. The van der Waals surface area contributed by atoms with Crippen LogP contribution >= 0.6 is 11.6 Å². The highest BCUT2D eigenvalue weighted by Crippen LogP contribution is 2.42. The molecule has 1 atom stereocenters. The second-order valence-corrected chi connectivity index (χ2v) is 7.51. The van der Waals surface area contributed by atoms with Crippen LogP contribution in [0.1, 0.15) is 42.6 Å². The minimum atomic E-state index is -0.577. The number of nitrogens with zero attached hydrogens (tertiary/aromatic N) is 1. The van der Waals surface area contributed by atoms with Gasteiger partial charge in [0.15, 0.2) is 0 Å². The van der Waals surface area contributed by atoms with Gasteiger partial charge in [0.05, 0.1) is 5.69 Å². The Labute approximate surface area is 151 Å². The molecule has 6 heteroatoms. The molecule has 3 rings (SSSR count). The van der Waals surface area contributed by atoms with Crippen LogP contribution in [0.3, 0.4) is 0 Å². The molecule has 0 saturated heterocycles. The van der Waals surface area contributed by atoms with Crippen LogP contribution in [-0.2, 0) is 4.74 Å². The summed E-state index contributed by atoms with van der Waals surface area (Å²) in [5.74, 6) is -0.141. The van der Waals surface area contributed by atoms with Crippen molar-refractivity contribution in [3.63, 3.8) is 0 Å². The van der Waals surface area contributed by atoms with Crippen LogP contribution in [0.5, 0.6) is 0 Å². The van der Waals surface area contributed by atoms with E-state index in [0.29, 0.717) is 18.0 Å². The molecular weight excluding hydrogens is 340 g/mol. The number of fused-ring (bicyclic) bond motifs is 3. The highest BCUT2D eigenvalue weighted by molar-refractivity contribution is 6.19. The van der Waals surface area contributed by atoms with Gasteiger partial charge in [-0.2, -0.15) is 0 Å². The van der Waals surface area contributed by atoms with Crippen molar-refractivity contribution >= 4 is 40.1 Å². The Morgan fingerprint density at radius 3 is 2.56 bits per heavy atom. The average molecular weight is 361 g/mol. The molecule has 0 spiro atoms. The molecule has 2 N–H and O–H groups in total. The summed E-state index contributed by atoms with van der Waals surface area (Å²) in [7, 11) is 0. The quantitative estimate of drug-likeness (QED) is 0.822. The highest BCUT2D eigenvalue weighted by Gasteiger charge is 2.36. The number of anilines is 1. The van der Waals surface area contributed by atoms with Crippen molar-refractivity contribution in [3.8, 4) is 0 Å². The second-order valence-electron chi connectivity index (χ2n) is 7.21. The predicted octanol–water partition coefficient (Wildman–Crippen LogP) is 4.02. The van der Waals surface area contributed by atoms with Crippen LogP contribution in [0.2, 0.25) is 0 Å². The number of alkyl halides is 1. The number of amides is 2. The molecule has 0 fully saturated rings. The van der Waals surface area contributed by atoms with Crippen LogP contribution in [0.4, 0.5) is 10.5 Å². The zero-order chi connectivity index (χ0) is 18.4. The first-order chi connectivity index (χ1) is 11.7. The lowest BCUT2D eigenvalue weighted by atomic mass is 9.93. The number of carbonyl (C=O) groups excluding carboxylic acids is 2. The molecule has 5 nitrogen and oxygen atoms in total. The third-order valence-electron chi connectivity index (χ3n) is 4.25. The molecule has 2 aromatic rings. The number of benzene rings is 2. The molecule has 25 heavy (non-hydrogen) atoms. The van der Waals surface area contributed by atoms with Crippen molar-refractivity contribution in [2.75, 3.05) is 17.3 Å². The van der Waals surface area contributed by atoms with E-state index < -0.39 is 17.6 Å². The maximum absolute atomic E-state index is 12.6. The number of primary amides is 1. The van der Waals surface area contributed by atoms with E-state index in [2.05, 4.69) is 0 Å². The maximum atomic E-state index is 12.6. The van der Waals surface area contributed by atoms with Gasteiger partial charge in [-0.3, -0.25) is 9.69 Å². The molecule has 2 amide bonds. The van der Waals surface area contributed by atoms with Crippen molar-refractivity contribution in [2.24, 2.45) is 5.73 Å². The Hall–Kier alpha value is -2.27. The highest BCUT2D eigenvalue weighted by atomic mass is 35.5. The number of rotatable bonds is 2. The van der Waals surface area contributed by atoms with E-state index in [-0.39, 0.29) is 5.92 Å². The van der Waals surface area contributed by atoms with Crippen LogP contribution in [0.25, 0.3) is 10.8 Å². The standard InChI is InChI=1S/C19H21ClN2O3/c1-19(2,3)25-18(24)22-10-11(9-20)16-13-5-4-6-14(17(21)23)12(13)7-8-15(16)22/h4-8,11H,9-10H2,1-3H3,(H2,21,23). The summed E-state index contributed by atoms with van der Waals surface area (Å²) in [5, 5.41) is 1.67. The zero-order valence-electron chi connectivity index (χ0n) is 14.5. The van der Waals surface area contributed by atoms with E-state index in [4.69, 9.17) is 22.1 Å². The van der Waals surface area contributed by atoms with Crippen molar-refractivity contribution in [2.45, 2.75) is 32.3 Å². The molecule has 0 bridgehead atoms. The minimum Gasteiger partial charge on any atom is -0.443 e.